The van der Waals surface area contributed by atoms with E-state index in [0.29, 0.717) is 12.2 Å². The highest BCUT2D eigenvalue weighted by Gasteiger charge is 2.33. The van der Waals surface area contributed by atoms with Crippen LogP contribution in [0.5, 0.6) is 0 Å². The average molecular weight is 353 g/mol. The first-order valence-electron chi connectivity index (χ1n) is 8.94. The Labute approximate surface area is 154 Å². The van der Waals surface area contributed by atoms with Crippen LogP contribution < -0.4 is 0 Å². The molecule has 0 spiro atoms. The van der Waals surface area contributed by atoms with Crippen LogP contribution in [0, 0.1) is 5.82 Å². The van der Waals surface area contributed by atoms with Gasteiger partial charge in [0.2, 0.25) is 0 Å². The lowest BCUT2D eigenvalue weighted by Gasteiger charge is -2.44. The summed E-state index contributed by atoms with van der Waals surface area (Å²) in [4.78, 5) is 21.1. The van der Waals surface area contributed by atoms with E-state index >= 15 is 0 Å². The number of nitrogens with zero attached hydrogens (tertiary/aromatic N) is 3. The second-order valence-electron chi connectivity index (χ2n) is 6.64. The Kier molecular flexibility index (Phi) is 5.78. The summed E-state index contributed by atoms with van der Waals surface area (Å²) in [5.74, 6) is -0.232. The van der Waals surface area contributed by atoms with Gasteiger partial charge in [-0.05, 0) is 43.7 Å². The number of hydrogen-bond donors (Lipinski definition) is 0. The zero-order chi connectivity index (χ0) is 18.5. The summed E-state index contributed by atoms with van der Waals surface area (Å²) in [6.07, 6.45) is 5.74. The maximum Gasteiger partial charge on any atom is 0.272 e. The summed E-state index contributed by atoms with van der Waals surface area (Å²) < 4.78 is 12.9. The fraction of sp³-hybridized carbons (Fsp3) is 0.333. The molecule has 1 aliphatic heterocycles. The van der Waals surface area contributed by atoms with Gasteiger partial charge in [0.05, 0.1) is 0 Å². The monoisotopic (exact) mass is 353 g/mol. The van der Waals surface area contributed by atoms with E-state index in [2.05, 4.69) is 29.8 Å². The number of pyridine rings is 1. The number of aromatic nitrogens is 1. The summed E-state index contributed by atoms with van der Waals surface area (Å²) in [5, 5.41) is 0. The van der Waals surface area contributed by atoms with E-state index in [-0.39, 0.29) is 23.8 Å². The fourth-order valence-electron chi connectivity index (χ4n) is 3.29. The molecule has 0 saturated carbocycles. The molecule has 0 radical (unpaired) electrons. The minimum Gasteiger partial charge on any atom is -0.332 e. The third-order valence-electron chi connectivity index (χ3n) is 5.06. The molecule has 1 aromatic heterocycles. The van der Waals surface area contributed by atoms with Gasteiger partial charge in [0.1, 0.15) is 11.5 Å². The van der Waals surface area contributed by atoms with Crippen molar-refractivity contribution in [1.82, 2.24) is 14.8 Å². The number of hydrogen-bond acceptors (Lipinski definition) is 3. The topological polar surface area (TPSA) is 36.4 Å². The van der Waals surface area contributed by atoms with E-state index in [0.717, 1.165) is 18.7 Å². The number of amides is 1. The normalized spacial score (nSPS) is 21.3. The quantitative estimate of drug-likeness (QED) is 0.844. The second kappa shape index (κ2) is 8.23. The van der Waals surface area contributed by atoms with E-state index in [1.165, 1.54) is 12.1 Å². The molecule has 136 valence electrons. The molecule has 4 nitrogen and oxygen atoms in total. The van der Waals surface area contributed by atoms with E-state index < -0.39 is 0 Å². The molecule has 2 atom stereocenters. The van der Waals surface area contributed by atoms with Crippen LogP contribution in [-0.4, -0.2) is 52.4 Å². The molecular weight excluding hydrogens is 329 g/mol. The fourth-order valence-corrected chi connectivity index (χ4v) is 3.29. The van der Waals surface area contributed by atoms with E-state index in [4.69, 9.17) is 0 Å². The predicted molar refractivity (Wildman–Crippen MR) is 101 cm³/mol. The maximum absolute atomic E-state index is 12.9. The zero-order valence-corrected chi connectivity index (χ0v) is 15.2. The first kappa shape index (κ1) is 18.3. The third kappa shape index (κ3) is 4.17. The first-order chi connectivity index (χ1) is 12.6. The Bertz CT molecular complexity index is 761. The number of carbonyl (C=O) groups is 1. The summed E-state index contributed by atoms with van der Waals surface area (Å²) in [6, 6.07) is 12.2. The van der Waals surface area contributed by atoms with E-state index in [9.17, 15) is 9.18 Å². The van der Waals surface area contributed by atoms with Crippen molar-refractivity contribution in [2.75, 3.05) is 19.6 Å². The predicted octanol–water partition coefficient (Wildman–Crippen LogP) is 3.47. The molecule has 26 heavy (non-hydrogen) atoms. The van der Waals surface area contributed by atoms with Gasteiger partial charge in [0.25, 0.3) is 5.91 Å². The number of benzene rings is 1. The third-order valence-corrected chi connectivity index (χ3v) is 5.06. The number of rotatable bonds is 4. The van der Waals surface area contributed by atoms with Gasteiger partial charge >= 0.3 is 0 Å². The van der Waals surface area contributed by atoms with Crippen LogP contribution in [0.15, 0.2) is 54.7 Å². The summed E-state index contributed by atoms with van der Waals surface area (Å²) in [6.45, 7) is 6.53. The van der Waals surface area contributed by atoms with Crippen molar-refractivity contribution in [3.05, 3.63) is 71.8 Å². The highest BCUT2D eigenvalue weighted by Crippen LogP contribution is 2.19. The molecule has 1 fully saturated rings. The van der Waals surface area contributed by atoms with Gasteiger partial charge in [-0.25, -0.2) is 4.39 Å². The minimum atomic E-state index is -0.224. The SMILES string of the molecule is C[C@@H]1[C@@H](C)N(C(=O)c2ccccn2)CCN1CC=Cc1ccc(F)cc1. The van der Waals surface area contributed by atoms with Crippen molar-refractivity contribution in [3.8, 4) is 0 Å². The maximum atomic E-state index is 12.9. The molecule has 1 aromatic carbocycles. The summed E-state index contributed by atoms with van der Waals surface area (Å²) in [7, 11) is 0. The zero-order valence-electron chi connectivity index (χ0n) is 15.2. The molecule has 1 saturated heterocycles. The molecule has 0 unspecified atom stereocenters. The molecule has 0 aliphatic carbocycles. The first-order valence-corrected chi connectivity index (χ1v) is 8.94. The molecule has 3 rings (SSSR count). The van der Waals surface area contributed by atoms with Crippen LogP contribution in [0.4, 0.5) is 4.39 Å². The molecule has 0 N–H and O–H groups in total. The van der Waals surface area contributed by atoms with Crippen molar-refractivity contribution in [2.24, 2.45) is 0 Å². The molecule has 1 amide bonds. The highest BCUT2D eigenvalue weighted by molar-refractivity contribution is 5.92. The van der Waals surface area contributed by atoms with Gasteiger partial charge in [0.15, 0.2) is 0 Å². The molecule has 2 heterocycles. The lowest BCUT2D eigenvalue weighted by Crippen LogP contribution is -2.58. The van der Waals surface area contributed by atoms with Gasteiger partial charge in [-0.3, -0.25) is 14.7 Å². The Balaban J connectivity index is 1.60. The molecule has 5 heteroatoms. The Morgan fingerprint density at radius 2 is 1.92 bits per heavy atom. The van der Waals surface area contributed by atoms with Crippen molar-refractivity contribution in [3.63, 3.8) is 0 Å². The van der Waals surface area contributed by atoms with Gasteiger partial charge < -0.3 is 4.90 Å². The lowest BCUT2D eigenvalue weighted by molar-refractivity contribution is 0.0314. The van der Waals surface area contributed by atoms with E-state index in [1.807, 2.05) is 23.1 Å². The highest BCUT2D eigenvalue weighted by atomic mass is 19.1. The van der Waals surface area contributed by atoms with Crippen molar-refractivity contribution < 1.29 is 9.18 Å². The standard InChI is InChI=1S/C21H24FN3O/c1-16-17(2)25(21(26)20-7-3-4-12-23-20)15-14-24(16)13-5-6-18-8-10-19(22)11-9-18/h3-12,16-17H,13-15H2,1-2H3/t16-,17-/m1/s1. The summed E-state index contributed by atoms with van der Waals surface area (Å²) in [5.41, 5.74) is 1.48. The molecule has 0 bridgehead atoms. The summed E-state index contributed by atoms with van der Waals surface area (Å²) >= 11 is 0. The van der Waals surface area contributed by atoms with Crippen molar-refractivity contribution in [1.29, 1.82) is 0 Å². The van der Waals surface area contributed by atoms with Crippen LogP contribution in [-0.2, 0) is 0 Å². The van der Waals surface area contributed by atoms with Crippen LogP contribution in [0.3, 0.4) is 0 Å². The van der Waals surface area contributed by atoms with E-state index in [1.54, 1.807) is 24.4 Å². The smallest absolute Gasteiger partial charge is 0.272 e. The van der Waals surface area contributed by atoms with Gasteiger partial charge in [-0.2, -0.15) is 0 Å². The van der Waals surface area contributed by atoms with Crippen LogP contribution >= 0.6 is 0 Å². The molecule has 1 aliphatic rings. The largest absolute Gasteiger partial charge is 0.332 e. The molecule has 2 aromatic rings. The van der Waals surface area contributed by atoms with Crippen molar-refractivity contribution >= 4 is 12.0 Å². The number of carbonyl (C=O) groups excluding carboxylic acids is 1. The number of halogens is 1. The van der Waals surface area contributed by atoms with Crippen LogP contribution in [0.2, 0.25) is 0 Å². The Hall–Kier alpha value is -2.53. The molecular formula is C21H24FN3O. The van der Waals surface area contributed by atoms with Gasteiger partial charge in [-0.1, -0.05) is 30.4 Å². The second-order valence-corrected chi connectivity index (χ2v) is 6.64. The average Bonchev–Trinajstić information content (AvgIpc) is 2.67. The van der Waals surface area contributed by atoms with Gasteiger partial charge in [0, 0.05) is 37.9 Å². The van der Waals surface area contributed by atoms with Crippen LogP contribution in [0.1, 0.15) is 29.9 Å². The Morgan fingerprint density at radius 1 is 1.15 bits per heavy atom. The minimum absolute atomic E-state index is 0.00791. The van der Waals surface area contributed by atoms with Crippen LogP contribution in [0.25, 0.3) is 6.08 Å². The van der Waals surface area contributed by atoms with Crippen molar-refractivity contribution in [2.45, 2.75) is 25.9 Å². The lowest BCUT2D eigenvalue weighted by atomic mass is 10.0. The number of piperazine rings is 1. The Morgan fingerprint density at radius 3 is 2.62 bits per heavy atom. The van der Waals surface area contributed by atoms with Gasteiger partial charge in [-0.15, -0.1) is 0 Å².